The molecule has 1 heterocycles. The van der Waals surface area contributed by atoms with Crippen LogP contribution in [0.5, 0.6) is 5.75 Å². The number of hydrogen-bond acceptors (Lipinski definition) is 4. The van der Waals surface area contributed by atoms with Gasteiger partial charge in [0, 0.05) is 18.2 Å². The molecule has 0 aliphatic carbocycles. The molecule has 19 heavy (non-hydrogen) atoms. The van der Waals surface area contributed by atoms with E-state index in [2.05, 4.69) is 22.2 Å². The Morgan fingerprint density at radius 1 is 1.16 bits per heavy atom. The van der Waals surface area contributed by atoms with E-state index in [1.54, 1.807) is 7.11 Å². The Labute approximate surface area is 113 Å². The third-order valence-corrected chi connectivity index (χ3v) is 2.78. The van der Waals surface area contributed by atoms with E-state index >= 15 is 0 Å². The largest absolute Gasteiger partial charge is 0.497 e. The lowest BCUT2D eigenvalue weighted by Crippen LogP contribution is -2.04. The molecule has 4 heteroatoms. The molecule has 0 radical (unpaired) electrons. The van der Waals surface area contributed by atoms with E-state index in [0.717, 1.165) is 41.6 Å². The Hall–Kier alpha value is -2.10. The number of hydrogen-bond donors (Lipinski definition) is 1. The van der Waals surface area contributed by atoms with E-state index in [0.29, 0.717) is 0 Å². The summed E-state index contributed by atoms with van der Waals surface area (Å²) in [5.74, 6) is 2.49. The number of rotatable bonds is 5. The fraction of sp³-hybridized carbons (Fsp3) is 0.333. The SMILES string of the molecule is CCCNc1cc(-c2ccc(OC)cc2)nc(C)n1. The van der Waals surface area contributed by atoms with Crippen LogP contribution in [0.25, 0.3) is 11.3 Å². The topological polar surface area (TPSA) is 47.0 Å². The second-order valence-corrected chi connectivity index (χ2v) is 4.34. The number of methoxy groups -OCH3 is 1. The van der Waals surface area contributed by atoms with Crippen molar-refractivity contribution < 1.29 is 4.74 Å². The molecule has 0 saturated carbocycles. The summed E-state index contributed by atoms with van der Waals surface area (Å²) in [7, 11) is 1.66. The van der Waals surface area contributed by atoms with Crippen LogP contribution in [0.3, 0.4) is 0 Å². The van der Waals surface area contributed by atoms with Gasteiger partial charge >= 0.3 is 0 Å². The molecular formula is C15H19N3O. The molecule has 2 rings (SSSR count). The molecular weight excluding hydrogens is 238 g/mol. The second kappa shape index (κ2) is 6.18. The summed E-state index contributed by atoms with van der Waals surface area (Å²) < 4.78 is 5.16. The van der Waals surface area contributed by atoms with Crippen LogP contribution in [-0.2, 0) is 0 Å². The number of aryl methyl sites for hydroxylation is 1. The van der Waals surface area contributed by atoms with E-state index in [1.165, 1.54) is 0 Å². The first-order valence-electron chi connectivity index (χ1n) is 6.47. The minimum atomic E-state index is 0.770. The normalized spacial score (nSPS) is 10.3. The average Bonchev–Trinajstić information content (AvgIpc) is 2.44. The Balaban J connectivity index is 2.29. The highest BCUT2D eigenvalue weighted by molar-refractivity contribution is 5.63. The maximum absolute atomic E-state index is 5.16. The van der Waals surface area contributed by atoms with Gasteiger partial charge in [0.1, 0.15) is 17.4 Å². The van der Waals surface area contributed by atoms with Gasteiger partial charge < -0.3 is 10.1 Å². The summed E-state index contributed by atoms with van der Waals surface area (Å²) in [6.45, 7) is 4.95. The third-order valence-electron chi connectivity index (χ3n) is 2.78. The van der Waals surface area contributed by atoms with Gasteiger partial charge in [-0.05, 0) is 37.6 Å². The highest BCUT2D eigenvalue weighted by Gasteiger charge is 2.04. The fourth-order valence-corrected chi connectivity index (χ4v) is 1.82. The highest BCUT2D eigenvalue weighted by atomic mass is 16.5. The predicted molar refractivity (Wildman–Crippen MR) is 77.5 cm³/mol. The second-order valence-electron chi connectivity index (χ2n) is 4.34. The first-order valence-corrected chi connectivity index (χ1v) is 6.47. The molecule has 0 atom stereocenters. The Bertz CT molecular complexity index is 538. The van der Waals surface area contributed by atoms with Crippen molar-refractivity contribution in [2.75, 3.05) is 19.0 Å². The highest BCUT2D eigenvalue weighted by Crippen LogP contribution is 2.22. The molecule has 1 aromatic carbocycles. The summed E-state index contributed by atoms with van der Waals surface area (Å²) in [6.07, 6.45) is 1.07. The molecule has 0 bridgehead atoms. The maximum atomic E-state index is 5.16. The van der Waals surface area contributed by atoms with E-state index in [-0.39, 0.29) is 0 Å². The smallest absolute Gasteiger partial charge is 0.130 e. The summed E-state index contributed by atoms with van der Waals surface area (Å²) in [5, 5.41) is 3.29. The Morgan fingerprint density at radius 3 is 2.53 bits per heavy atom. The van der Waals surface area contributed by atoms with Gasteiger partial charge in [-0.15, -0.1) is 0 Å². The monoisotopic (exact) mass is 257 g/mol. The molecule has 0 spiro atoms. The van der Waals surface area contributed by atoms with Crippen LogP contribution in [0.4, 0.5) is 5.82 Å². The van der Waals surface area contributed by atoms with Crippen LogP contribution < -0.4 is 10.1 Å². The third kappa shape index (κ3) is 3.44. The molecule has 1 N–H and O–H groups in total. The molecule has 0 amide bonds. The number of aromatic nitrogens is 2. The number of anilines is 1. The first-order chi connectivity index (χ1) is 9.22. The summed E-state index contributed by atoms with van der Waals surface area (Å²) in [6, 6.07) is 9.86. The van der Waals surface area contributed by atoms with Gasteiger partial charge in [0.15, 0.2) is 0 Å². The van der Waals surface area contributed by atoms with Gasteiger partial charge in [0.25, 0.3) is 0 Å². The lowest BCUT2D eigenvalue weighted by molar-refractivity contribution is 0.415. The van der Waals surface area contributed by atoms with E-state index in [1.807, 2.05) is 37.3 Å². The minimum absolute atomic E-state index is 0.770. The van der Waals surface area contributed by atoms with Crippen molar-refractivity contribution in [3.8, 4) is 17.0 Å². The van der Waals surface area contributed by atoms with Crippen molar-refractivity contribution >= 4 is 5.82 Å². The van der Waals surface area contributed by atoms with Crippen LogP contribution in [0, 0.1) is 6.92 Å². The molecule has 100 valence electrons. The fourth-order valence-electron chi connectivity index (χ4n) is 1.82. The molecule has 0 aliphatic rings. The standard InChI is InChI=1S/C15H19N3O/c1-4-9-16-15-10-14(17-11(2)18-15)12-5-7-13(19-3)8-6-12/h5-8,10H,4,9H2,1-3H3,(H,16,17,18). The minimum Gasteiger partial charge on any atom is -0.497 e. The molecule has 0 unspecified atom stereocenters. The zero-order valence-electron chi connectivity index (χ0n) is 11.6. The number of ether oxygens (including phenoxy) is 1. The van der Waals surface area contributed by atoms with Gasteiger partial charge in [-0.3, -0.25) is 0 Å². The lowest BCUT2D eigenvalue weighted by atomic mass is 10.1. The molecule has 2 aromatic rings. The van der Waals surface area contributed by atoms with Crippen LogP contribution >= 0.6 is 0 Å². The number of nitrogens with zero attached hydrogens (tertiary/aromatic N) is 2. The van der Waals surface area contributed by atoms with Gasteiger partial charge in [-0.1, -0.05) is 6.92 Å². The molecule has 0 fully saturated rings. The van der Waals surface area contributed by atoms with Crippen LogP contribution in [0.2, 0.25) is 0 Å². The predicted octanol–water partition coefficient (Wildman–Crippen LogP) is 3.28. The quantitative estimate of drug-likeness (QED) is 0.893. The molecule has 4 nitrogen and oxygen atoms in total. The van der Waals surface area contributed by atoms with Crippen molar-refractivity contribution in [1.29, 1.82) is 0 Å². The van der Waals surface area contributed by atoms with Crippen molar-refractivity contribution in [3.63, 3.8) is 0 Å². The van der Waals surface area contributed by atoms with Gasteiger partial charge in [-0.25, -0.2) is 9.97 Å². The van der Waals surface area contributed by atoms with Crippen LogP contribution in [-0.4, -0.2) is 23.6 Å². The van der Waals surface area contributed by atoms with Crippen molar-refractivity contribution in [1.82, 2.24) is 9.97 Å². The van der Waals surface area contributed by atoms with Gasteiger partial charge in [0.05, 0.1) is 12.8 Å². The zero-order valence-corrected chi connectivity index (χ0v) is 11.6. The zero-order chi connectivity index (χ0) is 13.7. The Kier molecular flexibility index (Phi) is 4.34. The lowest BCUT2D eigenvalue weighted by Gasteiger charge is -2.08. The first kappa shape index (κ1) is 13.3. The molecule has 0 saturated heterocycles. The van der Waals surface area contributed by atoms with E-state index in [9.17, 15) is 0 Å². The number of nitrogens with one attached hydrogen (secondary N) is 1. The van der Waals surface area contributed by atoms with Crippen molar-refractivity contribution in [2.45, 2.75) is 20.3 Å². The van der Waals surface area contributed by atoms with Gasteiger partial charge in [-0.2, -0.15) is 0 Å². The van der Waals surface area contributed by atoms with Crippen LogP contribution in [0.1, 0.15) is 19.2 Å². The average molecular weight is 257 g/mol. The molecule has 0 aliphatic heterocycles. The summed E-state index contributed by atoms with van der Waals surface area (Å²) in [5.41, 5.74) is 1.99. The van der Waals surface area contributed by atoms with Crippen molar-refractivity contribution in [3.05, 3.63) is 36.2 Å². The Morgan fingerprint density at radius 2 is 1.89 bits per heavy atom. The summed E-state index contributed by atoms with van der Waals surface area (Å²) >= 11 is 0. The van der Waals surface area contributed by atoms with E-state index < -0.39 is 0 Å². The van der Waals surface area contributed by atoms with E-state index in [4.69, 9.17) is 4.74 Å². The maximum Gasteiger partial charge on any atom is 0.130 e. The summed E-state index contributed by atoms with van der Waals surface area (Å²) in [4.78, 5) is 8.86. The number of benzene rings is 1. The van der Waals surface area contributed by atoms with Crippen molar-refractivity contribution in [2.24, 2.45) is 0 Å². The molecule has 1 aromatic heterocycles. The van der Waals surface area contributed by atoms with Gasteiger partial charge in [0.2, 0.25) is 0 Å². The van der Waals surface area contributed by atoms with Crippen LogP contribution in [0.15, 0.2) is 30.3 Å².